The fourth-order valence-corrected chi connectivity index (χ4v) is 2.93. The summed E-state index contributed by atoms with van der Waals surface area (Å²) >= 11 is 0. The van der Waals surface area contributed by atoms with Crippen LogP contribution in [0.1, 0.15) is 24.4 Å². The number of hydrogen-bond donors (Lipinski definition) is 2. The third-order valence-electron chi connectivity index (χ3n) is 4.23. The molecule has 1 aliphatic heterocycles. The summed E-state index contributed by atoms with van der Waals surface area (Å²) in [7, 11) is 4.32. The van der Waals surface area contributed by atoms with Crippen molar-refractivity contribution in [2.75, 3.05) is 33.7 Å². The molecule has 106 valence electrons. The number of rotatable bonds is 4. The van der Waals surface area contributed by atoms with E-state index < -0.39 is 0 Å². The van der Waals surface area contributed by atoms with E-state index in [1.165, 1.54) is 12.8 Å². The molecular formula is C15H25N3O. The lowest BCUT2D eigenvalue weighted by Gasteiger charge is -2.39. The fourth-order valence-electron chi connectivity index (χ4n) is 2.93. The first-order valence-electron chi connectivity index (χ1n) is 7.01. The van der Waals surface area contributed by atoms with Gasteiger partial charge in [-0.05, 0) is 57.7 Å². The van der Waals surface area contributed by atoms with E-state index in [4.69, 9.17) is 5.73 Å². The van der Waals surface area contributed by atoms with Crippen LogP contribution in [0.15, 0.2) is 24.3 Å². The minimum atomic E-state index is 0.181. The number of aromatic hydroxyl groups is 1. The number of phenols is 1. The van der Waals surface area contributed by atoms with Crippen LogP contribution in [0, 0.1) is 0 Å². The van der Waals surface area contributed by atoms with Crippen molar-refractivity contribution in [3.63, 3.8) is 0 Å². The number of benzene rings is 1. The van der Waals surface area contributed by atoms with E-state index in [1.54, 1.807) is 6.07 Å². The van der Waals surface area contributed by atoms with Gasteiger partial charge in [0.1, 0.15) is 5.75 Å². The molecule has 0 saturated carbocycles. The van der Waals surface area contributed by atoms with Crippen LogP contribution in [0.3, 0.4) is 0 Å². The van der Waals surface area contributed by atoms with Gasteiger partial charge in [-0.3, -0.25) is 4.90 Å². The maximum atomic E-state index is 9.62. The molecule has 1 heterocycles. The summed E-state index contributed by atoms with van der Waals surface area (Å²) in [4.78, 5) is 4.75. The fraction of sp³-hybridized carbons (Fsp3) is 0.600. The molecule has 4 nitrogen and oxygen atoms in total. The highest BCUT2D eigenvalue weighted by molar-refractivity contribution is 5.29. The average Bonchev–Trinajstić information content (AvgIpc) is 2.40. The number of likely N-dealkylation sites (N-methyl/N-ethyl adjacent to an activating group) is 1. The molecule has 0 spiro atoms. The summed E-state index contributed by atoms with van der Waals surface area (Å²) in [5, 5.41) is 9.62. The van der Waals surface area contributed by atoms with Gasteiger partial charge in [0, 0.05) is 18.6 Å². The molecule has 1 aromatic rings. The second-order valence-electron chi connectivity index (χ2n) is 5.55. The molecule has 2 rings (SSSR count). The number of piperidine rings is 1. The topological polar surface area (TPSA) is 52.7 Å². The predicted octanol–water partition coefficient (Wildman–Crippen LogP) is 1.42. The third kappa shape index (κ3) is 3.47. The Morgan fingerprint density at radius 1 is 1.42 bits per heavy atom. The van der Waals surface area contributed by atoms with E-state index in [0.29, 0.717) is 18.3 Å². The van der Waals surface area contributed by atoms with Crippen LogP contribution in [-0.4, -0.2) is 54.7 Å². The van der Waals surface area contributed by atoms with Crippen molar-refractivity contribution < 1.29 is 5.11 Å². The number of nitrogens with two attached hydrogens (primary N) is 1. The lowest BCUT2D eigenvalue weighted by molar-refractivity contribution is 0.109. The van der Waals surface area contributed by atoms with Gasteiger partial charge in [-0.1, -0.05) is 12.1 Å². The largest absolute Gasteiger partial charge is 0.508 e. The van der Waals surface area contributed by atoms with Crippen LogP contribution >= 0.6 is 0 Å². The van der Waals surface area contributed by atoms with Crippen LogP contribution in [0.2, 0.25) is 0 Å². The highest BCUT2D eigenvalue weighted by Crippen LogP contribution is 2.26. The van der Waals surface area contributed by atoms with Crippen molar-refractivity contribution in [3.8, 4) is 5.75 Å². The van der Waals surface area contributed by atoms with Gasteiger partial charge in [-0.25, -0.2) is 0 Å². The average molecular weight is 263 g/mol. The molecule has 0 amide bonds. The van der Waals surface area contributed by atoms with Gasteiger partial charge in [-0.15, -0.1) is 0 Å². The molecule has 1 fully saturated rings. The summed E-state index contributed by atoms with van der Waals surface area (Å²) < 4.78 is 0. The molecule has 1 aromatic carbocycles. The summed E-state index contributed by atoms with van der Waals surface area (Å²) in [6.07, 6.45) is 2.37. The van der Waals surface area contributed by atoms with E-state index in [0.717, 1.165) is 18.7 Å². The van der Waals surface area contributed by atoms with Crippen LogP contribution in [0.5, 0.6) is 5.75 Å². The van der Waals surface area contributed by atoms with Crippen molar-refractivity contribution in [2.24, 2.45) is 5.73 Å². The number of nitrogens with zero attached hydrogens (tertiary/aromatic N) is 2. The van der Waals surface area contributed by atoms with Gasteiger partial charge >= 0.3 is 0 Å². The van der Waals surface area contributed by atoms with Gasteiger partial charge in [-0.2, -0.15) is 0 Å². The highest BCUT2D eigenvalue weighted by atomic mass is 16.3. The van der Waals surface area contributed by atoms with E-state index in [1.807, 2.05) is 18.2 Å². The highest BCUT2D eigenvalue weighted by Gasteiger charge is 2.26. The SMILES string of the molecule is CN1CCC(N(C)C(CN)c2cccc(O)c2)CC1. The Morgan fingerprint density at radius 2 is 2.11 bits per heavy atom. The van der Waals surface area contributed by atoms with Crippen LogP contribution in [0.4, 0.5) is 0 Å². The molecule has 19 heavy (non-hydrogen) atoms. The molecule has 1 saturated heterocycles. The van der Waals surface area contributed by atoms with Crippen molar-refractivity contribution in [3.05, 3.63) is 29.8 Å². The van der Waals surface area contributed by atoms with Gasteiger partial charge < -0.3 is 15.7 Å². The van der Waals surface area contributed by atoms with Gasteiger partial charge in [0.05, 0.1) is 0 Å². The van der Waals surface area contributed by atoms with Crippen molar-refractivity contribution >= 4 is 0 Å². The van der Waals surface area contributed by atoms with Gasteiger partial charge in [0.15, 0.2) is 0 Å². The summed E-state index contributed by atoms with van der Waals surface area (Å²) in [5.41, 5.74) is 7.06. The van der Waals surface area contributed by atoms with E-state index >= 15 is 0 Å². The zero-order chi connectivity index (χ0) is 13.8. The number of phenolic OH excluding ortho intramolecular Hbond substituents is 1. The Kier molecular flexibility index (Phi) is 4.80. The first-order chi connectivity index (χ1) is 9.11. The third-order valence-corrected chi connectivity index (χ3v) is 4.23. The molecule has 1 aliphatic rings. The van der Waals surface area contributed by atoms with Crippen LogP contribution in [0.25, 0.3) is 0 Å². The van der Waals surface area contributed by atoms with E-state index in [9.17, 15) is 5.11 Å². The van der Waals surface area contributed by atoms with E-state index in [-0.39, 0.29) is 6.04 Å². The second-order valence-corrected chi connectivity index (χ2v) is 5.55. The summed E-state index contributed by atoms with van der Waals surface area (Å²) in [5.74, 6) is 0.313. The first-order valence-corrected chi connectivity index (χ1v) is 7.01. The molecule has 0 aromatic heterocycles. The van der Waals surface area contributed by atoms with Crippen LogP contribution < -0.4 is 5.73 Å². The molecule has 0 radical (unpaired) electrons. The zero-order valence-corrected chi connectivity index (χ0v) is 11.9. The molecule has 1 atom stereocenters. The molecule has 4 heteroatoms. The monoisotopic (exact) mass is 263 g/mol. The summed E-state index contributed by atoms with van der Waals surface area (Å²) in [6, 6.07) is 8.21. The standard InChI is InChI=1S/C15H25N3O/c1-17-8-6-13(7-9-17)18(2)15(11-16)12-4-3-5-14(19)10-12/h3-5,10,13,15,19H,6-9,11,16H2,1-2H3. The predicted molar refractivity (Wildman–Crippen MR) is 78.2 cm³/mol. The molecule has 3 N–H and O–H groups in total. The van der Waals surface area contributed by atoms with Crippen LogP contribution in [-0.2, 0) is 0 Å². The Balaban J connectivity index is 2.08. The smallest absolute Gasteiger partial charge is 0.115 e. The summed E-state index contributed by atoms with van der Waals surface area (Å²) in [6.45, 7) is 2.87. The quantitative estimate of drug-likeness (QED) is 0.862. The number of hydrogen-bond acceptors (Lipinski definition) is 4. The zero-order valence-electron chi connectivity index (χ0n) is 11.9. The lowest BCUT2D eigenvalue weighted by Crippen LogP contribution is -2.45. The Bertz CT molecular complexity index is 402. The number of likely N-dealkylation sites (tertiary alicyclic amines) is 1. The molecule has 1 unspecified atom stereocenters. The minimum Gasteiger partial charge on any atom is -0.508 e. The van der Waals surface area contributed by atoms with Gasteiger partial charge in [0.25, 0.3) is 0 Å². The Hall–Kier alpha value is -1.10. The minimum absolute atomic E-state index is 0.181. The second kappa shape index (κ2) is 6.37. The van der Waals surface area contributed by atoms with E-state index in [2.05, 4.69) is 23.9 Å². The first kappa shape index (κ1) is 14.3. The van der Waals surface area contributed by atoms with Gasteiger partial charge in [0.2, 0.25) is 0 Å². The molecule has 0 aliphatic carbocycles. The Labute approximate surface area is 115 Å². The normalized spacial score (nSPS) is 19.8. The lowest BCUT2D eigenvalue weighted by atomic mass is 9.98. The molecular weight excluding hydrogens is 238 g/mol. The van der Waals surface area contributed by atoms with Crippen molar-refractivity contribution in [1.29, 1.82) is 0 Å². The van der Waals surface area contributed by atoms with Crippen molar-refractivity contribution in [2.45, 2.75) is 24.9 Å². The van der Waals surface area contributed by atoms with Crippen molar-refractivity contribution in [1.82, 2.24) is 9.80 Å². The maximum absolute atomic E-state index is 9.62. The molecule has 0 bridgehead atoms. The Morgan fingerprint density at radius 3 is 2.68 bits per heavy atom. The maximum Gasteiger partial charge on any atom is 0.115 e.